The fourth-order valence-corrected chi connectivity index (χ4v) is 2.88. The van der Waals surface area contributed by atoms with Crippen molar-refractivity contribution in [3.05, 3.63) is 82.9 Å². The summed E-state index contributed by atoms with van der Waals surface area (Å²) in [6.45, 7) is 5.46. The molecular weight excluding hydrogens is 372 g/mol. The van der Waals surface area contributed by atoms with Gasteiger partial charge in [-0.3, -0.25) is 19.3 Å². The van der Waals surface area contributed by atoms with Crippen LogP contribution in [0.1, 0.15) is 42.2 Å². The van der Waals surface area contributed by atoms with Crippen molar-refractivity contribution >= 4 is 23.7 Å². The highest BCUT2D eigenvalue weighted by atomic mass is 16.5. The number of amides is 3. The molecule has 1 aliphatic rings. The Morgan fingerprint density at radius 3 is 2.45 bits per heavy atom. The topological polar surface area (TPSA) is 92.8 Å². The van der Waals surface area contributed by atoms with Crippen LogP contribution in [0.25, 0.3) is 0 Å². The SMILES string of the molecule is C=CCN1C(=O)c2ccc(C(=O)OCC(=O)NCc3ccc(C)cc3)cc2C1=O. The van der Waals surface area contributed by atoms with Crippen molar-refractivity contribution in [3.8, 4) is 0 Å². The Labute approximate surface area is 168 Å². The highest BCUT2D eigenvalue weighted by Crippen LogP contribution is 2.24. The zero-order chi connectivity index (χ0) is 21.0. The summed E-state index contributed by atoms with van der Waals surface area (Å²) in [5.41, 5.74) is 2.51. The number of nitrogens with zero attached hydrogens (tertiary/aromatic N) is 1. The van der Waals surface area contributed by atoms with Crippen LogP contribution in [0.4, 0.5) is 0 Å². The van der Waals surface area contributed by atoms with Crippen molar-refractivity contribution in [2.45, 2.75) is 13.5 Å². The van der Waals surface area contributed by atoms with Gasteiger partial charge in [-0.2, -0.15) is 0 Å². The molecule has 0 saturated carbocycles. The molecule has 0 saturated heterocycles. The monoisotopic (exact) mass is 392 g/mol. The van der Waals surface area contributed by atoms with Crippen LogP contribution in [-0.4, -0.2) is 41.7 Å². The molecule has 29 heavy (non-hydrogen) atoms. The molecule has 2 aromatic carbocycles. The lowest BCUT2D eigenvalue weighted by atomic mass is 10.1. The van der Waals surface area contributed by atoms with Crippen LogP contribution in [0.2, 0.25) is 0 Å². The van der Waals surface area contributed by atoms with Gasteiger partial charge >= 0.3 is 5.97 Å². The van der Waals surface area contributed by atoms with Crippen molar-refractivity contribution in [2.24, 2.45) is 0 Å². The Morgan fingerprint density at radius 2 is 1.76 bits per heavy atom. The molecule has 7 nitrogen and oxygen atoms in total. The van der Waals surface area contributed by atoms with Gasteiger partial charge in [-0.1, -0.05) is 35.9 Å². The van der Waals surface area contributed by atoms with Gasteiger partial charge in [0.15, 0.2) is 6.61 Å². The average Bonchev–Trinajstić information content (AvgIpc) is 2.96. The molecule has 1 heterocycles. The number of esters is 1. The summed E-state index contributed by atoms with van der Waals surface area (Å²) in [4.78, 5) is 49.7. The van der Waals surface area contributed by atoms with Crippen molar-refractivity contribution in [2.75, 3.05) is 13.2 Å². The third-order valence-electron chi connectivity index (χ3n) is 4.46. The number of carbonyl (C=O) groups is 4. The fourth-order valence-electron chi connectivity index (χ4n) is 2.88. The van der Waals surface area contributed by atoms with E-state index in [1.54, 1.807) is 0 Å². The molecule has 3 amide bonds. The first-order valence-electron chi connectivity index (χ1n) is 9.01. The van der Waals surface area contributed by atoms with Crippen molar-refractivity contribution in [1.29, 1.82) is 0 Å². The van der Waals surface area contributed by atoms with Gasteiger partial charge < -0.3 is 10.1 Å². The maximum Gasteiger partial charge on any atom is 0.338 e. The Bertz CT molecular complexity index is 995. The number of benzene rings is 2. The van der Waals surface area contributed by atoms with Crippen LogP contribution < -0.4 is 5.32 Å². The van der Waals surface area contributed by atoms with E-state index in [2.05, 4.69) is 11.9 Å². The predicted octanol–water partition coefficient (Wildman–Crippen LogP) is 2.25. The molecule has 7 heteroatoms. The minimum absolute atomic E-state index is 0.0906. The second-order valence-electron chi connectivity index (χ2n) is 6.61. The largest absolute Gasteiger partial charge is 0.452 e. The van der Waals surface area contributed by atoms with E-state index in [1.807, 2.05) is 31.2 Å². The zero-order valence-corrected chi connectivity index (χ0v) is 15.9. The second-order valence-corrected chi connectivity index (χ2v) is 6.61. The predicted molar refractivity (Wildman–Crippen MR) is 105 cm³/mol. The fraction of sp³-hybridized carbons (Fsp3) is 0.182. The Kier molecular flexibility index (Phi) is 5.87. The number of aryl methyl sites for hydroxylation is 1. The van der Waals surface area contributed by atoms with Gasteiger partial charge in [-0.15, -0.1) is 6.58 Å². The summed E-state index contributed by atoms with van der Waals surface area (Å²) in [6.07, 6.45) is 1.45. The highest BCUT2D eigenvalue weighted by molar-refractivity contribution is 6.22. The molecule has 0 bridgehead atoms. The molecule has 1 aliphatic heterocycles. The van der Waals surface area contributed by atoms with Crippen LogP contribution in [0, 0.1) is 6.92 Å². The number of nitrogens with one attached hydrogen (secondary N) is 1. The van der Waals surface area contributed by atoms with Gasteiger partial charge in [0.2, 0.25) is 0 Å². The highest BCUT2D eigenvalue weighted by Gasteiger charge is 2.35. The summed E-state index contributed by atoms with van der Waals surface area (Å²) in [7, 11) is 0. The first kappa shape index (κ1) is 20.0. The molecule has 0 aromatic heterocycles. The van der Waals surface area contributed by atoms with E-state index in [0.717, 1.165) is 16.0 Å². The molecule has 1 N–H and O–H groups in total. The van der Waals surface area contributed by atoms with E-state index in [1.165, 1.54) is 24.3 Å². The maximum atomic E-state index is 12.3. The van der Waals surface area contributed by atoms with E-state index in [0.29, 0.717) is 6.54 Å². The molecule has 0 atom stereocenters. The van der Waals surface area contributed by atoms with Crippen molar-refractivity contribution in [1.82, 2.24) is 10.2 Å². The number of hydrogen-bond acceptors (Lipinski definition) is 5. The normalized spacial score (nSPS) is 12.5. The number of hydrogen-bond donors (Lipinski definition) is 1. The number of fused-ring (bicyclic) bond motifs is 1. The summed E-state index contributed by atoms with van der Waals surface area (Å²) in [5, 5.41) is 2.67. The van der Waals surface area contributed by atoms with Gasteiger partial charge in [0.05, 0.1) is 16.7 Å². The molecule has 2 aromatic rings. The van der Waals surface area contributed by atoms with Crippen LogP contribution >= 0.6 is 0 Å². The van der Waals surface area contributed by atoms with Gasteiger partial charge in [0.25, 0.3) is 17.7 Å². The van der Waals surface area contributed by atoms with E-state index in [4.69, 9.17) is 4.74 Å². The third kappa shape index (κ3) is 4.40. The quantitative estimate of drug-likeness (QED) is 0.443. The molecule has 0 aliphatic carbocycles. The number of ether oxygens (including phenoxy) is 1. The number of imide groups is 1. The first-order chi connectivity index (χ1) is 13.9. The average molecular weight is 392 g/mol. The van der Waals surface area contributed by atoms with Crippen molar-refractivity contribution in [3.63, 3.8) is 0 Å². The van der Waals surface area contributed by atoms with Gasteiger partial charge in [0, 0.05) is 13.1 Å². The van der Waals surface area contributed by atoms with Crippen LogP contribution in [0.15, 0.2) is 55.1 Å². The van der Waals surface area contributed by atoms with E-state index in [9.17, 15) is 19.2 Å². The third-order valence-corrected chi connectivity index (χ3v) is 4.46. The Hall–Kier alpha value is -3.74. The van der Waals surface area contributed by atoms with Gasteiger partial charge in [-0.05, 0) is 30.7 Å². The number of carbonyl (C=O) groups excluding carboxylic acids is 4. The van der Waals surface area contributed by atoms with Crippen LogP contribution in [0.3, 0.4) is 0 Å². The maximum absolute atomic E-state index is 12.3. The molecule has 0 spiro atoms. The van der Waals surface area contributed by atoms with Gasteiger partial charge in [0.1, 0.15) is 0 Å². The second kappa shape index (κ2) is 8.52. The standard InChI is InChI=1S/C22H20N2O5/c1-3-10-24-20(26)17-9-8-16(11-18(17)21(24)27)22(28)29-13-19(25)23-12-15-6-4-14(2)5-7-15/h3-9,11H,1,10,12-13H2,2H3,(H,23,25). The summed E-state index contributed by atoms with van der Waals surface area (Å²) < 4.78 is 5.02. The molecule has 3 rings (SSSR count). The molecule has 0 unspecified atom stereocenters. The minimum atomic E-state index is -0.749. The first-order valence-corrected chi connectivity index (χ1v) is 9.01. The molecular formula is C22H20N2O5. The molecule has 0 radical (unpaired) electrons. The van der Waals surface area contributed by atoms with E-state index in [-0.39, 0.29) is 23.2 Å². The Morgan fingerprint density at radius 1 is 1.07 bits per heavy atom. The smallest absolute Gasteiger partial charge is 0.338 e. The Balaban J connectivity index is 1.57. The van der Waals surface area contributed by atoms with E-state index >= 15 is 0 Å². The van der Waals surface area contributed by atoms with Gasteiger partial charge in [-0.25, -0.2) is 4.79 Å². The zero-order valence-electron chi connectivity index (χ0n) is 15.9. The lowest BCUT2D eigenvalue weighted by molar-refractivity contribution is -0.124. The summed E-state index contributed by atoms with van der Waals surface area (Å²) in [5.74, 6) is -2.11. The summed E-state index contributed by atoms with van der Waals surface area (Å²) in [6, 6.07) is 11.8. The minimum Gasteiger partial charge on any atom is -0.452 e. The lowest BCUT2D eigenvalue weighted by Gasteiger charge is -2.09. The van der Waals surface area contributed by atoms with E-state index < -0.39 is 30.3 Å². The molecule has 0 fully saturated rings. The summed E-state index contributed by atoms with van der Waals surface area (Å²) >= 11 is 0. The molecule has 148 valence electrons. The van der Waals surface area contributed by atoms with Crippen LogP contribution in [0.5, 0.6) is 0 Å². The number of rotatable bonds is 7. The lowest BCUT2D eigenvalue weighted by Crippen LogP contribution is -2.29. The van der Waals surface area contributed by atoms with Crippen LogP contribution in [-0.2, 0) is 16.1 Å². The van der Waals surface area contributed by atoms with Crippen molar-refractivity contribution < 1.29 is 23.9 Å².